The van der Waals surface area contributed by atoms with E-state index in [4.69, 9.17) is 5.73 Å². The first-order chi connectivity index (χ1) is 11.3. The minimum absolute atomic E-state index is 0.103. The predicted octanol–water partition coefficient (Wildman–Crippen LogP) is 1.92. The Morgan fingerprint density at radius 3 is 2.75 bits per heavy atom. The van der Waals surface area contributed by atoms with E-state index in [1.54, 1.807) is 17.0 Å². The number of piperidine rings is 1. The number of benzene rings is 1. The molecule has 0 aliphatic carbocycles. The highest BCUT2D eigenvalue weighted by atomic mass is 19.1. The molecular weight excluding hydrogens is 311 g/mol. The average molecular weight is 336 g/mol. The third kappa shape index (κ3) is 4.67. The van der Waals surface area contributed by atoms with Crippen LogP contribution in [-0.2, 0) is 4.79 Å². The maximum Gasteiger partial charge on any atom is 0.321 e. The molecule has 0 bridgehead atoms. The third-order valence-corrected chi connectivity index (χ3v) is 4.17. The van der Waals surface area contributed by atoms with Gasteiger partial charge in [-0.1, -0.05) is 12.1 Å². The van der Waals surface area contributed by atoms with Crippen molar-refractivity contribution >= 4 is 17.6 Å². The summed E-state index contributed by atoms with van der Waals surface area (Å²) in [4.78, 5) is 26.2. The molecule has 7 heteroatoms. The molecule has 0 spiro atoms. The smallest absolute Gasteiger partial charge is 0.321 e. The molecule has 4 N–H and O–H groups in total. The molecule has 1 atom stereocenters. The van der Waals surface area contributed by atoms with E-state index in [9.17, 15) is 14.0 Å². The summed E-state index contributed by atoms with van der Waals surface area (Å²) in [6, 6.07) is 5.61. The van der Waals surface area contributed by atoms with Gasteiger partial charge in [-0.05, 0) is 38.8 Å². The minimum Gasteiger partial charge on any atom is -0.350 e. The van der Waals surface area contributed by atoms with Gasteiger partial charge in [0.1, 0.15) is 5.82 Å². The van der Waals surface area contributed by atoms with Crippen LogP contribution in [0.4, 0.5) is 14.9 Å². The zero-order valence-corrected chi connectivity index (χ0v) is 14.1. The normalized spacial score (nSPS) is 18.2. The summed E-state index contributed by atoms with van der Waals surface area (Å²) in [7, 11) is 0. The van der Waals surface area contributed by atoms with Gasteiger partial charge in [-0.25, -0.2) is 9.18 Å². The number of nitrogens with zero attached hydrogens (tertiary/aromatic N) is 1. The van der Waals surface area contributed by atoms with E-state index >= 15 is 0 Å². The molecule has 1 aromatic rings. The maximum atomic E-state index is 13.6. The first-order valence-electron chi connectivity index (χ1n) is 8.15. The van der Waals surface area contributed by atoms with Crippen LogP contribution in [0.15, 0.2) is 24.3 Å². The number of nitrogens with one attached hydrogen (secondary N) is 2. The number of anilines is 1. The van der Waals surface area contributed by atoms with Crippen LogP contribution in [0.25, 0.3) is 0 Å². The summed E-state index contributed by atoms with van der Waals surface area (Å²) in [6.45, 7) is 4.91. The van der Waals surface area contributed by atoms with Gasteiger partial charge in [0.05, 0.1) is 11.6 Å². The van der Waals surface area contributed by atoms with Gasteiger partial charge in [-0.2, -0.15) is 0 Å². The summed E-state index contributed by atoms with van der Waals surface area (Å²) in [5.74, 6) is -0.869. The van der Waals surface area contributed by atoms with Gasteiger partial charge >= 0.3 is 6.03 Å². The van der Waals surface area contributed by atoms with Crippen LogP contribution in [0.2, 0.25) is 0 Å². The van der Waals surface area contributed by atoms with Crippen molar-refractivity contribution in [1.29, 1.82) is 0 Å². The van der Waals surface area contributed by atoms with Crippen LogP contribution in [-0.4, -0.2) is 42.0 Å². The zero-order chi connectivity index (χ0) is 17.7. The van der Waals surface area contributed by atoms with Gasteiger partial charge in [-0.15, -0.1) is 0 Å². The summed E-state index contributed by atoms with van der Waals surface area (Å²) in [5.41, 5.74) is 5.29. The number of carbonyl (C=O) groups excluding carboxylic acids is 2. The zero-order valence-electron chi connectivity index (χ0n) is 14.1. The van der Waals surface area contributed by atoms with Crippen molar-refractivity contribution in [1.82, 2.24) is 10.2 Å². The van der Waals surface area contributed by atoms with E-state index in [0.29, 0.717) is 19.6 Å². The molecule has 1 aliphatic rings. The lowest BCUT2D eigenvalue weighted by atomic mass is 9.95. The van der Waals surface area contributed by atoms with Crippen molar-refractivity contribution in [2.45, 2.75) is 32.2 Å². The molecule has 24 heavy (non-hydrogen) atoms. The largest absolute Gasteiger partial charge is 0.350 e. The lowest BCUT2D eigenvalue weighted by molar-refractivity contribution is -0.127. The lowest BCUT2D eigenvalue weighted by Gasteiger charge is -2.34. The molecule has 1 aliphatic heterocycles. The van der Waals surface area contributed by atoms with Crippen LogP contribution in [0.3, 0.4) is 0 Å². The average Bonchev–Trinajstić information content (AvgIpc) is 2.56. The molecule has 1 aromatic carbocycles. The highest BCUT2D eigenvalue weighted by Crippen LogP contribution is 2.20. The second-order valence-electron chi connectivity index (χ2n) is 6.77. The first-order valence-corrected chi connectivity index (χ1v) is 8.15. The predicted molar refractivity (Wildman–Crippen MR) is 91.0 cm³/mol. The van der Waals surface area contributed by atoms with Crippen molar-refractivity contribution in [2.75, 3.05) is 25.0 Å². The first kappa shape index (κ1) is 18.2. The standard InChI is InChI=1S/C17H25FN4O2/c1-17(2,11-19)21-15(23)12-6-5-9-22(10-12)16(24)20-14-8-4-3-7-13(14)18/h3-4,7-8,12H,5-6,9-11,19H2,1-2H3,(H,20,24)(H,21,23). The van der Waals surface area contributed by atoms with E-state index in [2.05, 4.69) is 10.6 Å². The second-order valence-corrected chi connectivity index (χ2v) is 6.77. The highest BCUT2D eigenvalue weighted by Gasteiger charge is 2.31. The Morgan fingerprint density at radius 2 is 2.08 bits per heavy atom. The van der Waals surface area contributed by atoms with Crippen LogP contribution < -0.4 is 16.4 Å². The fraction of sp³-hybridized carbons (Fsp3) is 0.529. The van der Waals surface area contributed by atoms with Crippen LogP contribution in [0.5, 0.6) is 0 Å². The number of para-hydroxylation sites is 1. The van der Waals surface area contributed by atoms with Crippen molar-refractivity contribution in [3.63, 3.8) is 0 Å². The lowest BCUT2D eigenvalue weighted by Crippen LogP contribution is -2.54. The number of hydrogen-bond acceptors (Lipinski definition) is 3. The summed E-state index contributed by atoms with van der Waals surface area (Å²) < 4.78 is 13.6. The van der Waals surface area contributed by atoms with Crippen molar-refractivity contribution in [3.8, 4) is 0 Å². The number of carbonyl (C=O) groups is 2. The minimum atomic E-state index is -0.484. The SMILES string of the molecule is CC(C)(CN)NC(=O)C1CCCN(C(=O)Nc2ccccc2F)C1. The Bertz CT molecular complexity index is 606. The number of urea groups is 1. The van der Waals surface area contributed by atoms with E-state index < -0.39 is 17.4 Å². The molecule has 0 aromatic heterocycles. The topological polar surface area (TPSA) is 87.5 Å². The number of halogens is 1. The molecule has 3 amide bonds. The second kappa shape index (κ2) is 7.61. The number of rotatable bonds is 4. The quantitative estimate of drug-likeness (QED) is 0.785. The van der Waals surface area contributed by atoms with Gasteiger partial charge < -0.3 is 21.3 Å². The van der Waals surface area contributed by atoms with Crippen molar-refractivity contribution in [3.05, 3.63) is 30.1 Å². The van der Waals surface area contributed by atoms with E-state index in [-0.39, 0.29) is 17.5 Å². The van der Waals surface area contributed by atoms with E-state index in [1.807, 2.05) is 13.8 Å². The number of nitrogens with two attached hydrogens (primary N) is 1. The van der Waals surface area contributed by atoms with Crippen molar-refractivity contribution in [2.24, 2.45) is 11.7 Å². The van der Waals surface area contributed by atoms with E-state index in [1.165, 1.54) is 12.1 Å². The molecule has 1 saturated heterocycles. The fourth-order valence-electron chi connectivity index (χ4n) is 2.62. The molecule has 1 fully saturated rings. The Labute approximate surface area is 141 Å². The molecular formula is C17H25FN4O2. The van der Waals surface area contributed by atoms with Gasteiger partial charge in [0.25, 0.3) is 0 Å². The van der Waals surface area contributed by atoms with Gasteiger partial charge in [-0.3, -0.25) is 4.79 Å². The van der Waals surface area contributed by atoms with Gasteiger partial charge in [0.15, 0.2) is 0 Å². The number of likely N-dealkylation sites (tertiary alicyclic amines) is 1. The van der Waals surface area contributed by atoms with Gasteiger partial charge in [0, 0.05) is 25.2 Å². The fourth-order valence-corrected chi connectivity index (χ4v) is 2.62. The Hall–Kier alpha value is -2.15. The van der Waals surface area contributed by atoms with Crippen molar-refractivity contribution < 1.29 is 14.0 Å². The van der Waals surface area contributed by atoms with Crippen LogP contribution in [0, 0.1) is 11.7 Å². The summed E-state index contributed by atoms with van der Waals surface area (Å²) in [5, 5.41) is 5.47. The molecule has 1 unspecified atom stereocenters. The van der Waals surface area contributed by atoms with Crippen LogP contribution >= 0.6 is 0 Å². The third-order valence-electron chi connectivity index (χ3n) is 4.17. The Kier molecular flexibility index (Phi) is 5.77. The number of hydrogen-bond donors (Lipinski definition) is 3. The Morgan fingerprint density at radius 1 is 1.38 bits per heavy atom. The van der Waals surface area contributed by atoms with Gasteiger partial charge in [0.2, 0.25) is 5.91 Å². The van der Waals surface area contributed by atoms with E-state index in [0.717, 1.165) is 12.8 Å². The highest BCUT2D eigenvalue weighted by molar-refractivity contribution is 5.90. The molecule has 2 rings (SSSR count). The molecule has 0 radical (unpaired) electrons. The summed E-state index contributed by atoms with van der Waals surface area (Å²) >= 11 is 0. The molecule has 132 valence electrons. The Balaban J connectivity index is 1.96. The maximum absolute atomic E-state index is 13.6. The van der Waals surface area contributed by atoms with Crippen LogP contribution in [0.1, 0.15) is 26.7 Å². The molecule has 1 heterocycles. The monoisotopic (exact) mass is 336 g/mol. The molecule has 6 nitrogen and oxygen atoms in total. The number of amides is 3. The summed E-state index contributed by atoms with van der Waals surface area (Å²) in [6.07, 6.45) is 1.45. The molecule has 0 saturated carbocycles.